The first-order valence-electron chi connectivity index (χ1n) is 13.9. The summed E-state index contributed by atoms with van der Waals surface area (Å²) in [6.07, 6.45) is 0. The Kier molecular flexibility index (Phi) is 7.77. The standard InChI is InChI=1S/C38H25O2S3/c39-37-33-13-7-8-14-34(33)38(40)36-25-29(19-24-35(36)37)42-28-17-22-32(23-18-28)43(30-11-5-2-6-12-30)31-20-15-27(16-21-31)41-26-9-3-1-4-10-26/h1-25H/q+1. The number of hydrogen-bond acceptors (Lipinski definition) is 4. The van der Waals surface area contributed by atoms with Gasteiger partial charge in [0.1, 0.15) is 0 Å². The fourth-order valence-electron chi connectivity index (χ4n) is 5.16. The van der Waals surface area contributed by atoms with E-state index in [-0.39, 0.29) is 22.5 Å². The SMILES string of the molecule is O=C1c2ccccc2C(=O)c2cc(Sc3ccc([S+](c4ccccc4)c4ccc(Sc5ccccc5)cc4)cc3)ccc21. The lowest BCUT2D eigenvalue weighted by molar-refractivity contribution is 0.0979. The van der Waals surface area contributed by atoms with E-state index in [9.17, 15) is 9.59 Å². The molecule has 206 valence electrons. The van der Waals surface area contributed by atoms with E-state index in [1.54, 1.807) is 53.9 Å². The molecule has 0 bridgehead atoms. The summed E-state index contributed by atoms with van der Waals surface area (Å²) in [7, 11) is -0.257. The zero-order valence-corrected chi connectivity index (χ0v) is 25.4. The van der Waals surface area contributed by atoms with Gasteiger partial charge >= 0.3 is 0 Å². The van der Waals surface area contributed by atoms with Crippen molar-refractivity contribution >= 4 is 46.0 Å². The molecule has 0 aliphatic heterocycles. The molecule has 0 amide bonds. The topological polar surface area (TPSA) is 34.1 Å². The lowest BCUT2D eigenvalue weighted by atomic mass is 9.84. The molecule has 0 heterocycles. The lowest BCUT2D eigenvalue weighted by Crippen LogP contribution is -2.20. The van der Waals surface area contributed by atoms with Gasteiger partial charge in [0.2, 0.25) is 0 Å². The first-order valence-corrected chi connectivity index (χ1v) is 16.7. The van der Waals surface area contributed by atoms with Gasteiger partial charge < -0.3 is 0 Å². The minimum Gasteiger partial charge on any atom is -0.289 e. The Morgan fingerprint density at radius 3 is 1.33 bits per heavy atom. The van der Waals surface area contributed by atoms with Crippen molar-refractivity contribution in [1.82, 2.24) is 0 Å². The highest BCUT2D eigenvalue weighted by Gasteiger charge is 2.30. The van der Waals surface area contributed by atoms with E-state index < -0.39 is 0 Å². The van der Waals surface area contributed by atoms with Crippen LogP contribution in [0.3, 0.4) is 0 Å². The summed E-state index contributed by atoms with van der Waals surface area (Å²) >= 11 is 3.37. The molecule has 0 aromatic heterocycles. The quantitative estimate of drug-likeness (QED) is 0.169. The first kappa shape index (κ1) is 27.5. The Bertz CT molecular complexity index is 1930. The van der Waals surface area contributed by atoms with Crippen LogP contribution >= 0.6 is 23.5 Å². The minimum atomic E-state index is -0.257. The van der Waals surface area contributed by atoms with Gasteiger partial charge in [0, 0.05) is 41.8 Å². The molecule has 2 nitrogen and oxygen atoms in total. The number of carbonyl (C=O) groups excluding carboxylic acids is 2. The van der Waals surface area contributed by atoms with Crippen LogP contribution in [0.2, 0.25) is 0 Å². The molecule has 5 heteroatoms. The summed E-state index contributed by atoms with van der Waals surface area (Å²) in [6.45, 7) is 0. The first-order chi connectivity index (χ1) is 21.1. The van der Waals surface area contributed by atoms with Gasteiger partial charge in [-0.05, 0) is 91.0 Å². The molecule has 1 aliphatic rings. The zero-order valence-electron chi connectivity index (χ0n) is 23.0. The van der Waals surface area contributed by atoms with Crippen LogP contribution in [-0.4, -0.2) is 11.6 Å². The largest absolute Gasteiger partial charge is 0.289 e. The third-order valence-corrected chi connectivity index (χ3v) is 11.5. The van der Waals surface area contributed by atoms with E-state index in [2.05, 4.69) is 103 Å². The van der Waals surface area contributed by atoms with Crippen molar-refractivity contribution in [3.63, 3.8) is 0 Å². The van der Waals surface area contributed by atoms with E-state index in [1.807, 2.05) is 18.2 Å². The van der Waals surface area contributed by atoms with Crippen LogP contribution in [0.15, 0.2) is 186 Å². The van der Waals surface area contributed by atoms with Gasteiger partial charge in [-0.25, -0.2) is 0 Å². The van der Waals surface area contributed by atoms with Crippen LogP contribution < -0.4 is 0 Å². The number of benzene rings is 6. The smallest absolute Gasteiger partial charge is 0.194 e. The van der Waals surface area contributed by atoms with Crippen LogP contribution in [0.5, 0.6) is 0 Å². The highest BCUT2D eigenvalue weighted by molar-refractivity contribution is 7.99. The summed E-state index contributed by atoms with van der Waals surface area (Å²) in [6, 6.07) is 51.3. The molecule has 0 saturated carbocycles. The molecule has 0 N–H and O–H groups in total. The molecule has 6 aromatic carbocycles. The second-order valence-electron chi connectivity index (χ2n) is 9.99. The molecule has 1 aliphatic carbocycles. The molecule has 0 saturated heterocycles. The van der Waals surface area contributed by atoms with Gasteiger partial charge in [-0.2, -0.15) is 0 Å². The lowest BCUT2D eigenvalue weighted by Gasteiger charge is -2.18. The number of ketones is 2. The number of hydrogen-bond donors (Lipinski definition) is 0. The Balaban J connectivity index is 1.14. The van der Waals surface area contributed by atoms with Crippen molar-refractivity contribution in [2.45, 2.75) is 34.3 Å². The Morgan fingerprint density at radius 1 is 0.349 bits per heavy atom. The van der Waals surface area contributed by atoms with Gasteiger partial charge in [-0.1, -0.05) is 84.2 Å². The van der Waals surface area contributed by atoms with E-state index in [0.29, 0.717) is 22.3 Å². The maximum absolute atomic E-state index is 13.2. The molecular weight excluding hydrogens is 585 g/mol. The Morgan fingerprint density at radius 2 is 0.744 bits per heavy atom. The molecular formula is C38H25O2S3+. The molecule has 7 rings (SSSR count). The van der Waals surface area contributed by atoms with Crippen molar-refractivity contribution in [2.24, 2.45) is 0 Å². The van der Waals surface area contributed by atoms with E-state index in [4.69, 9.17) is 0 Å². The normalized spacial score (nSPS) is 12.8. The van der Waals surface area contributed by atoms with Crippen molar-refractivity contribution in [3.05, 3.63) is 174 Å². The van der Waals surface area contributed by atoms with Gasteiger partial charge in [-0.3, -0.25) is 9.59 Å². The maximum Gasteiger partial charge on any atom is 0.194 e. The average molecular weight is 610 g/mol. The fourth-order valence-corrected chi connectivity index (χ4v) is 8.91. The van der Waals surface area contributed by atoms with Gasteiger partial charge in [0.05, 0.1) is 10.9 Å². The summed E-state index contributed by atoms with van der Waals surface area (Å²) in [4.78, 5) is 34.4. The third-order valence-electron chi connectivity index (χ3n) is 7.21. The van der Waals surface area contributed by atoms with E-state index in [1.165, 1.54) is 24.5 Å². The number of rotatable bonds is 7. The summed E-state index contributed by atoms with van der Waals surface area (Å²) in [5.41, 5.74) is 1.91. The number of carbonyl (C=O) groups is 2. The van der Waals surface area contributed by atoms with Crippen molar-refractivity contribution < 1.29 is 9.59 Å². The van der Waals surface area contributed by atoms with Crippen LogP contribution in [-0.2, 0) is 10.9 Å². The van der Waals surface area contributed by atoms with Gasteiger partial charge in [-0.15, -0.1) is 0 Å². The number of fused-ring (bicyclic) bond motifs is 2. The Labute approximate surface area is 262 Å². The monoisotopic (exact) mass is 609 g/mol. The molecule has 1 unspecified atom stereocenters. The molecule has 0 spiro atoms. The second-order valence-corrected chi connectivity index (χ2v) is 14.3. The predicted molar refractivity (Wildman–Crippen MR) is 176 cm³/mol. The van der Waals surface area contributed by atoms with E-state index in [0.717, 1.165) is 9.79 Å². The molecule has 0 fully saturated rings. The summed E-state index contributed by atoms with van der Waals surface area (Å²) in [5.74, 6) is -0.186. The molecule has 0 radical (unpaired) electrons. The van der Waals surface area contributed by atoms with E-state index >= 15 is 0 Å². The van der Waals surface area contributed by atoms with Crippen molar-refractivity contribution in [2.75, 3.05) is 0 Å². The predicted octanol–water partition coefficient (Wildman–Crippen LogP) is 9.86. The highest BCUT2D eigenvalue weighted by Crippen LogP contribution is 2.37. The van der Waals surface area contributed by atoms with Crippen molar-refractivity contribution in [3.8, 4) is 0 Å². The van der Waals surface area contributed by atoms with Crippen LogP contribution in [0.4, 0.5) is 0 Å². The average Bonchev–Trinajstić information content (AvgIpc) is 3.06. The molecule has 43 heavy (non-hydrogen) atoms. The van der Waals surface area contributed by atoms with Crippen LogP contribution in [0, 0.1) is 0 Å². The van der Waals surface area contributed by atoms with Gasteiger partial charge in [0.25, 0.3) is 0 Å². The zero-order chi connectivity index (χ0) is 29.2. The second kappa shape index (κ2) is 12.1. The van der Waals surface area contributed by atoms with Crippen molar-refractivity contribution in [1.29, 1.82) is 0 Å². The van der Waals surface area contributed by atoms with Crippen LogP contribution in [0.25, 0.3) is 0 Å². The summed E-state index contributed by atoms with van der Waals surface area (Å²) in [5, 5.41) is 0. The highest BCUT2D eigenvalue weighted by atomic mass is 32.2. The maximum atomic E-state index is 13.2. The van der Waals surface area contributed by atoms with Crippen LogP contribution in [0.1, 0.15) is 31.8 Å². The Hall–Kier alpha value is -4.29. The summed E-state index contributed by atoms with van der Waals surface area (Å²) < 4.78 is 0. The fraction of sp³-hybridized carbons (Fsp3) is 0. The minimum absolute atomic E-state index is 0.0919. The van der Waals surface area contributed by atoms with Gasteiger partial charge in [0.15, 0.2) is 26.3 Å². The molecule has 6 aromatic rings. The molecule has 1 atom stereocenters. The third kappa shape index (κ3) is 5.72.